The van der Waals surface area contributed by atoms with Crippen molar-refractivity contribution in [3.8, 4) is 0 Å². The first-order valence-electron chi connectivity index (χ1n) is 8.66. The zero-order valence-electron chi connectivity index (χ0n) is 16.0. The summed E-state index contributed by atoms with van der Waals surface area (Å²) in [7, 11) is -3.82. The van der Waals surface area contributed by atoms with E-state index in [0.29, 0.717) is 17.9 Å². The van der Waals surface area contributed by atoms with Crippen molar-refractivity contribution >= 4 is 33.4 Å². The van der Waals surface area contributed by atoms with Gasteiger partial charge in [0, 0.05) is 18.0 Å². The van der Waals surface area contributed by atoms with Gasteiger partial charge in [-0.2, -0.15) is 21.6 Å². The zero-order chi connectivity index (χ0) is 20.6. The van der Waals surface area contributed by atoms with Gasteiger partial charge in [-0.1, -0.05) is 17.7 Å². The summed E-state index contributed by atoms with van der Waals surface area (Å²) in [5, 5.41) is 4.09. The quantitative estimate of drug-likeness (QED) is 0.479. The molecule has 0 aliphatic rings. The van der Waals surface area contributed by atoms with E-state index in [-0.39, 0.29) is 4.90 Å². The summed E-state index contributed by atoms with van der Waals surface area (Å²) in [5.41, 5.74) is 4.83. The molecular weight excluding hydrogens is 396 g/mol. The number of hydrazone groups is 1. The van der Waals surface area contributed by atoms with Crippen molar-refractivity contribution in [2.45, 2.75) is 31.2 Å². The minimum Gasteiger partial charge on any atom is -0.271 e. The van der Waals surface area contributed by atoms with Crippen LogP contribution in [0.15, 0.2) is 58.8 Å². The van der Waals surface area contributed by atoms with Crippen LogP contribution in [-0.4, -0.2) is 43.1 Å². The Labute approximate surface area is 170 Å². The maximum atomic E-state index is 12.6. The smallest absolute Gasteiger partial charge is 0.258 e. The van der Waals surface area contributed by atoms with Crippen LogP contribution in [0.3, 0.4) is 0 Å². The molecule has 2 rings (SSSR count). The fraction of sp³-hybridized carbons (Fsp3) is 0.316. The molecule has 1 atom stereocenters. The molecule has 9 heteroatoms. The number of amides is 1. The van der Waals surface area contributed by atoms with Crippen molar-refractivity contribution in [2.24, 2.45) is 5.10 Å². The Kier molecular flexibility index (Phi) is 8.16. The molecule has 1 aromatic heterocycles. The average Bonchev–Trinajstić information content (AvgIpc) is 2.70. The first-order chi connectivity index (χ1) is 13.3. The number of aryl methyl sites for hydroxylation is 1. The third kappa shape index (κ3) is 6.43. The van der Waals surface area contributed by atoms with E-state index in [4.69, 9.17) is 0 Å². The number of rotatable bonds is 9. The average molecular weight is 421 g/mol. The third-order valence-electron chi connectivity index (χ3n) is 3.99. The number of carbonyl (C=O) groups is 1. The molecule has 0 aliphatic heterocycles. The van der Waals surface area contributed by atoms with Gasteiger partial charge in [0.15, 0.2) is 0 Å². The second-order valence-electron chi connectivity index (χ2n) is 6.18. The highest BCUT2D eigenvalue weighted by molar-refractivity contribution is 7.98. The Balaban J connectivity index is 2.13. The second kappa shape index (κ2) is 10.4. The number of carbonyl (C=O) groups excluding carboxylic acids is 1. The summed E-state index contributed by atoms with van der Waals surface area (Å²) in [5.74, 6) is 0.125. The van der Waals surface area contributed by atoms with Crippen LogP contribution in [0.1, 0.15) is 24.5 Å². The molecule has 0 bridgehead atoms. The van der Waals surface area contributed by atoms with Crippen molar-refractivity contribution in [3.63, 3.8) is 0 Å². The molecule has 1 heterocycles. The Morgan fingerprint density at radius 3 is 2.43 bits per heavy atom. The number of pyridine rings is 1. The van der Waals surface area contributed by atoms with Crippen molar-refractivity contribution in [1.29, 1.82) is 0 Å². The number of hydrogen-bond donors (Lipinski definition) is 2. The normalized spacial score (nSPS) is 13.2. The van der Waals surface area contributed by atoms with Crippen molar-refractivity contribution in [2.75, 3.05) is 12.0 Å². The van der Waals surface area contributed by atoms with E-state index in [2.05, 4.69) is 20.2 Å². The van der Waals surface area contributed by atoms with E-state index in [1.165, 1.54) is 23.9 Å². The molecule has 0 aliphatic carbocycles. The topological polar surface area (TPSA) is 101 Å². The molecule has 1 amide bonds. The molecular formula is C19H24N4O3S2. The first-order valence-corrected chi connectivity index (χ1v) is 11.5. The van der Waals surface area contributed by atoms with E-state index in [1.807, 2.05) is 13.2 Å². The molecule has 0 unspecified atom stereocenters. The van der Waals surface area contributed by atoms with Gasteiger partial charge in [0.05, 0.1) is 10.6 Å². The van der Waals surface area contributed by atoms with E-state index in [0.717, 1.165) is 11.1 Å². The molecule has 0 radical (unpaired) electrons. The molecule has 2 N–H and O–H groups in total. The Hall–Kier alpha value is -2.23. The zero-order valence-corrected chi connectivity index (χ0v) is 17.7. The third-order valence-corrected chi connectivity index (χ3v) is 6.12. The van der Waals surface area contributed by atoms with Gasteiger partial charge in [-0.15, -0.1) is 0 Å². The summed E-state index contributed by atoms with van der Waals surface area (Å²) in [6, 6.07) is 9.10. The fourth-order valence-corrected chi connectivity index (χ4v) is 4.03. The largest absolute Gasteiger partial charge is 0.271 e. The van der Waals surface area contributed by atoms with Gasteiger partial charge < -0.3 is 0 Å². The van der Waals surface area contributed by atoms with Crippen LogP contribution in [0.4, 0.5) is 0 Å². The number of nitrogens with one attached hydrogen (secondary N) is 2. The minimum atomic E-state index is -3.82. The molecule has 7 nitrogen and oxygen atoms in total. The molecule has 1 aromatic carbocycles. The van der Waals surface area contributed by atoms with E-state index < -0.39 is 22.0 Å². The van der Waals surface area contributed by atoms with Gasteiger partial charge >= 0.3 is 0 Å². The standard InChI is InChI=1S/C19H24N4O3S2/c1-14-4-6-17(7-5-14)28(25,26)23-18(10-13-27-3)19(24)22-21-15(2)16-8-11-20-12-9-16/h4-9,11-12,18,23H,10,13H2,1-3H3,(H,22,24)/b21-15+/t18-/m0/s1. The summed E-state index contributed by atoms with van der Waals surface area (Å²) in [6.45, 7) is 3.63. The summed E-state index contributed by atoms with van der Waals surface area (Å²) in [6.07, 6.45) is 5.51. The number of nitrogens with zero attached hydrogens (tertiary/aromatic N) is 2. The summed E-state index contributed by atoms with van der Waals surface area (Å²) in [4.78, 5) is 16.6. The Morgan fingerprint density at radius 2 is 1.82 bits per heavy atom. The predicted octanol–water partition coefficient (Wildman–Crippen LogP) is 2.33. The van der Waals surface area contributed by atoms with Gasteiger partial charge in [-0.3, -0.25) is 9.78 Å². The predicted molar refractivity (Wildman–Crippen MR) is 113 cm³/mol. The molecule has 2 aromatic rings. The van der Waals surface area contributed by atoms with Crippen LogP contribution in [0.25, 0.3) is 0 Å². The van der Waals surface area contributed by atoms with Crippen molar-refractivity contribution in [1.82, 2.24) is 15.1 Å². The lowest BCUT2D eigenvalue weighted by molar-refractivity contribution is -0.122. The summed E-state index contributed by atoms with van der Waals surface area (Å²) < 4.78 is 27.8. The molecule has 0 spiro atoms. The number of aromatic nitrogens is 1. The van der Waals surface area contributed by atoms with Crippen LogP contribution in [-0.2, 0) is 14.8 Å². The lowest BCUT2D eigenvalue weighted by atomic mass is 10.2. The van der Waals surface area contributed by atoms with Crippen molar-refractivity contribution in [3.05, 3.63) is 59.9 Å². The van der Waals surface area contributed by atoms with Crippen LogP contribution < -0.4 is 10.1 Å². The highest BCUT2D eigenvalue weighted by Crippen LogP contribution is 2.12. The maximum absolute atomic E-state index is 12.6. The number of benzene rings is 1. The monoisotopic (exact) mass is 420 g/mol. The van der Waals surface area contributed by atoms with Gasteiger partial charge in [-0.05, 0) is 56.5 Å². The van der Waals surface area contributed by atoms with Crippen LogP contribution in [0.5, 0.6) is 0 Å². The maximum Gasteiger partial charge on any atom is 0.258 e. The lowest BCUT2D eigenvalue weighted by Crippen LogP contribution is -2.45. The fourth-order valence-electron chi connectivity index (χ4n) is 2.33. The van der Waals surface area contributed by atoms with E-state index >= 15 is 0 Å². The van der Waals surface area contributed by atoms with Crippen LogP contribution in [0, 0.1) is 6.92 Å². The van der Waals surface area contributed by atoms with Gasteiger partial charge in [0.25, 0.3) is 5.91 Å². The highest BCUT2D eigenvalue weighted by Gasteiger charge is 2.25. The number of sulfonamides is 1. The second-order valence-corrected chi connectivity index (χ2v) is 8.88. The molecule has 0 saturated heterocycles. The molecule has 0 fully saturated rings. The number of thioether (sulfide) groups is 1. The molecule has 28 heavy (non-hydrogen) atoms. The Bertz CT molecular complexity index is 914. The Morgan fingerprint density at radius 1 is 1.18 bits per heavy atom. The number of hydrogen-bond acceptors (Lipinski definition) is 6. The lowest BCUT2D eigenvalue weighted by Gasteiger charge is -2.17. The van der Waals surface area contributed by atoms with E-state index in [1.54, 1.807) is 43.6 Å². The first kappa shape index (κ1) is 22.1. The van der Waals surface area contributed by atoms with Gasteiger partial charge in [0.2, 0.25) is 10.0 Å². The molecule has 0 saturated carbocycles. The highest BCUT2D eigenvalue weighted by atomic mass is 32.2. The molecule has 150 valence electrons. The summed E-state index contributed by atoms with van der Waals surface area (Å²) >= 11 is 1.53. The van der Waals surface area contributed by atoms with Gasteiger partial charge in [-0.25, -0.2) is 13.8 Å². The van der Waals surface area contributed by atoms with Crippen LogP contribution >= 0.6 is 11.8 Å². The van der Waals surface area contributed by atoms with Crippen molar-refractivity contribution < 1.29 is 13.2 Å². The van der Waals surface area contributed by atoms with Crippen LogP contribution in [0.2, 0.25) is 0 Å². The van der Waals surface area contributed by atoms with E-state index in [9.17, 15) is 13.2 Å². The SMILES string of the molecule is CSCC[C@H](NS(=O)(=O)c1ccc(C)cc1)C(=O)N/N=C(\C)c1ccncc1. The minimum absolute atomic E-state index is 0.122. The van der Waals surface area contributed by atoms with Gasteiger partial charge in [0.1, 0.15) is 6.04 Å².